The minimum absolute atomic E-state index is 0.0865. The van der Waals surface area contributed by atoms with E-state index in [1.165, 1.54) is 0 Å². The molecule has 0 aromatic carbocycles. The highest BCUT2D eigenvalue weighted by Crippen LogP contribution is 2.44. The molecule has 0 saturated carbocycles. The van der Waals surface area contributed by atoms with Crippen LogP contribution in [0.2, 0.25) is 0 Å². The molecule has 1 aromatic heterocycles. The summed E-state index contributed by atoms with van der Waals surface area (Å²) in [6.07, 6.45) is 4.21. The Morgan fingerprint density at radius 1 is 1.48 bits per heavy atom. The maximum atomic E-state index is 13.0. The Labute approximate surface area is 161 Å². The number of nitrogens with one attached hydrogen (secondary N) is 1. The number of ether oxygens (including phenoxy) is 2. The molecule has 1 aliphatic rings. The van der Waals surface area contributed by atoms with E-state index >= 15 is 0 Å². The molecule has 0 radical (unpaired) electrons. The number of hydrogen-bond acceptors (Lipinski definition) is 5. The molecule has 3 N–H and O–H groups in total. The molecule has 1 fully saturated rings. The van der Waals surface area contributed by atoms with Crippen LogP contribution in [0, 0.1) is 17.2 Å². The molecule has 3 atom stereocenters. The molecule has 0 aliphatic carbocycles. The largest absolute Gasteiger partial charge is 0.444 e. The lowest BCUT2D eigenvalue weighted by Gasteiger charge is -2.33. The first-order valence-electron chi connectivity index (χ1n) is 9.65. The van der Waals surface area contributed by atoms with Gasteiger partial charge in [0.2, 0.25) is 0 Å². The monoisotopic (exact) mass is 376 g/mol. The van der Waals surface area contributed by atoms with Gasteiger partial charge in [0, 0.05) is 18.4 Å². The van der Waals surface area contributed by atoms with E-state index in [2.05, 4.69) is 24.9 Å². The van der Waals surface area contributed by atoms with E-state index in [9.17, 15) is 10.1 Å². The minimum Gasteiger partial charge on any atom is -0.444 e. The predicted octanol–water partition coefficient (Wildman–Crippen LogP) is 3.97. The number of rotatable bonds is 6. The molecular weight excluding hydrogens is 344 g/mol. The average molecular weight is 377 g/mol. The number of nitriles is 1. The lowest BCUT2D eigenvalue weighted by Crippen LogP contribution is -2.43. The van der Waals surface area contributed by atoms with Crippen LogP contribution in [0.1, 0.15) is 71.2 Å². The first kappa shape index (κ1) is 21.1. The second-order valence-electron chi connectivity index (χ2n) is 8.27. The standard InChI is InChI=1S/C20H32N4O3/c1-6-7-8-26-12-14-9-13(2)18(15-11-23-16(10-21)17(15)22)24(14)19(25)27-20(3,4)5/h11,13-14,18,23H,6-9,12,22H2,1-5H3/t13-,14-,18+/m0/s1. The van der Waals surface area contributed by atoms with Crippen molar-refractivity contribution in [1.29, 1.82) is 5.26 Å². The number of aromatic nitrogens is 1. The maximum absolute atomic E-state index is 13.0. The molecular formula is C20H32N4O3. The molecule has 7 heteroatoms. The molecule has 7 nitrogen and oxygen atoms in total. The summed E-state index contributed by atoms with van der Waals surface area (Å²) >= 11 is 0. The summed E-state index contributed by atoms with van der Waals surface area (Å²) in [5.74, 6) is 0.168. The lowest BCUT2D eigenvalue weighted by molar-refractivity contribution is 0.000460. The Morgan fingerprint density at radius 2 is 2.19 bits per heavy atom. The fraction of sp³-hybridized carbons (Fsp3) is 0.700. The van der Waals surface area contributed by atoms with Crippen LogP contribution >= 0.6 is 0 Å². The molecule has 2 rings (SSSR count). The Balaban J connectivity index is 2.30. The van der Waals surface area contributed by atoms with E-state index < -0.39 is 5.60 Å². The summed E-state index contributed by atoms with van der Waals surface area (Å²) in [6, 6.07) is 1.72. The summed E-state index contributed by atoms with van der Waals surface area (Å²) in [7, 11) is 0. The zero-order chi connectivity index (χ0) is 20.2. The zero-order valence-electron chi connectivity index (χ0n) is 17.0. The van der Waals surface area contributed by atoms with Gasteiger partial charge < -0.3 is 20.2 Å². The molecule has 0 spiro atoms. The fourth-order valence-electron chi connectivity index (χ4n) is 3.61. The molecule has 0 unspecified atom stereocenters. The van der Waals surface area contributed by atoms with Crippen molar-refractivity contribution < 1.29 is 14.3 Å². The number of nitrogens with two attached hydrogens (primary N) is 1. The normalized spacial score (nSPS) is 22.7. The van der Waals surface area contributed by atoms with Gasteiger partial charge in [0.15, 0.2) is 0 Å². The van der Waals surface area contributed by atoms with E-state index in [4.69, 9.17) is 15.2 Å². The highest BCUT2D eigenvalue weighted by molar-refractivity contribution is 5.71. The molecule has 27 heavy (non-hydrogen) atoms. The lowest BCUT2D eigenvalue weighted by atomic mass is 9.95. The summed E-state index contributed by atoms with van der Waals surface area (Å²) in [4.78, 5) is 17.7. The number of likely N-dealkylation sites (tertiary alicyclic amines) is 1. The Kier molecular flexibility index (Phi) is 6.77. The van der Waals surface area contributed by atoms with Crippen molar-refractivity contribution in [2.24, 2.45) is 5.92 Å². The van der Waals surface area contributed by atoms with Crippen molar-refractivity contribution in [2.45, 2.75) is 71.6 Å². The van der Waals surface area contributed by atoms with Crippen LogP contribution < -0.4 is 5.73 Å². The van der Waals surface area contributed by atoms with Crippen molar-refractivity contribution >= 4 is 11.8 Å². The first-order valence-corrected chi connectivity index (χ1v) is 9.65. The number of amides is 1. The summed E-state index contributed by atoms with van der Waals surface area (Å²) in [5, 5.41) is 9.20. The van der Waals surface area contributed by atoms with Gasteiger partial charge in [-0.05, 0) is 39.5 Å². The first-order chi connectivity index (χ1) is 12.7. The molecule has 2 heterocycles. The Hall–Kier alpha value is -2.20. The van der Waals surface area contributed by atoms with Gasteiger partial charge in [-0.15, -0.1) is 0 Å². The van der Waals surface area contributed by atoms with Gasteiger partial charge in [0.05, 0.1) is 24.4 Å². The third-order valence-electron chi connectivity index (χ3n) is 4.82. The number of aromatic amines is 1. The average Bonchev–Trinajstić information content (AvgIpc) is 3.09. The van der Waals surface area contributed by atoms with E-state index in [0.29, 0.717) is 24.6 Å². The molecule has 1 aliphatic heterocycles. The van der Waals surface area contributed by atoms with E-state index in [-0.39, 0.29) is 24.1 Å². The second-order valence-corrected chi connectivity index (χ2v) is 8.27. The number of carbonyl (C=O) groups excluding carboxylic acids is 1. The SMILES string of the molecule is CCCCOC[C@@H]1C[C@H](C)[C@H](c2c[nH]c(C#N)c2N)N1C(=O)OC(C)(C)C. The van der Waals surface area contributed by atoms with Crippen LogP contribution in [-0.4, -0.2) is 40.8 Å². The van der Waals surface area contributed by atoms with Crippen molar-refractivity contribution in [1.82, 2.24) is 9.88 Å². The number of nitrogens with zero attached hydrogens (tertiary/aromatic N) is 2. The third kappa shape index (κ3) is 4.95. The van der Waals surface area contributed by atoms with Crippen LogP contribution in [0.3, 0.4) is 0 Å². The zero-order valence-corrected chi connectivity index (χ0v) is 17.0. The highest BCUT2D eigenvalue weighted by atomic mass is 16.6. The van der Waals surface area contributed by atoms with Crippen LogP contribution in [0.15, 0.2) is 6.20 Å². The predicted molar refractivity (Wildman–Crippen MR) is 104 cm³/mol. The van der Waals surface area contributed by atoms with Crippen LogP contribution in [0.25, 0.3) is 0 Å². The number of carbonyl (C=O) groups is 1. The second kappa shape index (κ2) is 8.66. The molecule has 1 saturated heterocycles. The summed E-state index contributed by atoms with van der Waals surface area (Å²) < 4.78 is 11.5. The quantitative estimate of drug-likeness (QED) is 0.731. The van der Waals surface area contributed by atoms with Gasteiger partial charge in [-0.3, -0.25) is 4.90 Å². The Morgan fingerprint density at radius 3 is 2.74 bits per heavy atom. The fourth-order valence-corrected chi connectivity index (χ4v) is 3.61. The van der Waals surface area contributed by atoms with Crippen molar-refractivity contribution in [3.63, 3.8) is 0 Å². The van der Waals surface area contributed by atoms with Crippen molar-refractivity contribution in [3.8, 4) is 6.07 Å². The molecule has 1 aromatic rings. The number of nitrogen functional groups attached to an aromatic ring is 1. The third-order valence-corrected chi connectivity index (χ3v) is 4.82. The Bertz CT molecular complexity index is 686. The van der Waals surface area contributed by atoms with Gasteiger partial charge in [-0.25, -0.2) is 4.79 Å². The summed E-state index contributed by atoms with van der Waals surface area (Å²) in [5.41, 5.74) is 7.06. The number of anilines is 1. The van der Waals surface area contributed by atoms with E-state index in [1.807, 2.05) is 20.8 Å². The summed E-state index contributed by atoms with van der Waals surface area (Å²) in [6.45, 7) is 10.9. The number of unbranched alkanes of at least 4 members (excludes halogenated alkanes) is 1. The molecule has 1 amide bonds. The van der Waals surface area contributed by atoms with Gasteiger partial charge in [0.1, 0.15) is 17.4 Å². The van der Waals surface area contributed by atoms with E-state index in [1.54, 1.807) is 11.1 Å². The molecule has 0 bridgehead atoms. The maximum Gasteiger partial charge on any atom is 0.411 e. The van der Waals surface area contributed by atoms with Crippen molar-refractivity contribution in [2.75, 3.05) is 18.9 Å². The van der Waals surface area contributed by atoms with Gasteiger partial charge in [0.25, 0.3) is 0 Å². The topological polar surface area (TPSA) is 104 Å². The van der Waals surface area contributed by atoms with Crippen LogP contribution in [-0.2, 0) is 9.47 Å². The van der Waals surface area contributed by atoms with Gasteiger partial charge in [-0.2, -0.15) is 5.26 Å². The van der Waals surface area contributed by atoms with E-state index in [0.717, 1.165) is 24.8 Å². The smallest absolute Gasteiger partial charge is 0.411 e. The van der Waals surface area contributed by atoms with Gasteiger partial charge in [-0.1, -0.05) is 20.3 Å². The highest BCUT2D eigenvalue weighted by Gasteiger charge is 2.45. The van der Waals surface area contributed by atoms with Crippen LogP contribution in [0.5, 0.6) is 0 Å². The molecule has 150 valence electrons. The number of H-pyrrole nitrogens is 1. The van der Waals surface area contributed by atoms with Crippen LogP contribution in [0.4, 0.5) is 10.5 Å². The number of hydrogen-bond donors (Lipinski definition) is 2. The van der Waals surface area contributed by atoms with Crippen molar-refractivity contribution in [3.05, 3.63) is 17.5 Å². The van der Waals surface area contributed by atoms with Gasteiger partial charge >= 0.3 is 6.09 Å². The minimum atomic E-state index is -0.595.